The van der Waals surface area contributed by atoms with Crippen LogP contribution in [0.25, 0.3) is 0 Å². The van der Waals surface area contributed by atoms with Crippen molar-refractivity contribution in [2.45, 2.75) is 52.0 Å². The van der Waals surface area contributed by atoms with Gasteiger partial charge in [-0.1, -0.05) is 20.3 Å². The summed E-state index contributed by atoms with van der Waals surface area (Å²) in [7, 11) is -3.42. The van der Waals surface area contributed by atoms with E-state index >= 15 is 0 Å². The molecule has 1 atom stereocenters. The Morgan fingerprint density at radius 3 is 2.72 bits per heavy atom. The first-order chi connectivity index (χ1) is 8.47. The molecule has 18 heavy (non-hydrogen) atoms. The highest BCUT2D eigenvalue weighted by Gasteiger charge is 2.31. The van der Waals surface area contributed by atoms with Gasteiger partial charge in [0.05, 0.1) is 6.61 Å². The average Bonchev–Trinajstić information content (AvgIpc) is 2.34. The van der Waals surface area contributed by atoms with Crippen molar-refractivity contribution in [1.82, 2.24) is 9.03 Å². The molecule has 1 heterocycles. The number of hydrogen-bond acceptors (Lipinski definition) is 3. The third kappa shape index (κ3) is 4.84. The molecule has 1 aliphatic heterocycles. The van der Waals surface area contributed by atoms with Gasteiger partial charge in [-0.05, 0) is 31.6 Å². The molecule has 1 saturated heterocycles. The van der Waals surface area contributed by atoms with Gasteiger partial charge in [0, 0.05) is 19.1 Å². The zero-order chi connectivity index (χ0) is 13.6. The number of rotatable bonds is 7. The van der Waals surface area contributed by atoms with Gasteiger partial charge in [0.2, 0.25) is 0 Å². The first kappa shape index (κ1) is 15.9. The molecule has 6 heteroatoms. The van der Waals surface area contributed by atoms with Crippen LogP contribution < -0.4 is 4.72 Å². The van der Waals surface area contributed by atoms with Crippen molar-refractivity contribution in [3.8, 4) is 0 Å². The lowest BCUT2D eigenvalue weighted by molar-refractivity contribution is 0.154. The molecule has 2 N–H and O–H groups in total. The van der Waals surface area contributed by atoms with Gasteiger partial charge in [0.25, 0.3) is 10.2 Å². The zero-order valence-corrected chi connectivity index (χ0v) is 12.2. The van der Waals surface area contributed by atoms with Gasteiger partial charge in [0.15, 0.2) is 0 Å². The topological polar surface area (TPSA) is 69.6 Å². The third-order valence-electron chi connectivity index (χ3n) is 3.34. The molecule has 0 spiro atoms. The summed E-state index contributed by atoms with van der Waals surface area (Å²) >= 11 is 0. The second-order valence-electron chi connectivity index (χ2n) is 5.38. The minimum Gasteiger partial charge on any atom is -0.395 e. The van der Waals surface area contributed by atoms with E-state index < -0.39 is 10.2 Å². The molecule has 0 aromatic rings. The van der Waals surface area contributed by atoms with Crippen molar-refractivity contribution in [3.63, 3.8) is 0 Å². The molecule has 0 aromatic heterocycles. The van der Waals surface area contributed by atoms with E-state index in [9.17, 15) is 13.5 Å². The van der Waals surface area contributed by atoms with Gasteiger partial charge in [0.1, 0.15) is 0 Å². The molecule has 1 rings (SSSR count). The van der Waals surface area contributed by atoms with E-state index in [4.69, 9.17) is 0 Å². The van der Waals surface area contributed by atoms with E-state index in [0.29, 0.717) is 19.0 Å². The van der Waals surface area contributed by atoms with Crippen LogP contribution in [0.3, 0.4) is 0 Å². The van der Waals surface area contributed by atoms with Crippen molar-refractivity contribution in [2.75, 3.05) is 19.7 Å². The van der Waals surface area contributed by atoms with Gasteiger partial charge < -0.3 is 5.11 Å². The summed E-state index contributed by atoms with van der Waals surface area (Å²) < 4.78 is 28.3. The van der Waals surface area contributed by atoms with Gasteiger partial charge >= 0.3 is 0 Å². The second-order valence-corrected chi connectivity index (χ2v) is 7.09. The fourth-order valence-electron chi connectivity index (χ4n) is 2.27. The standard InChI is InChI=1S/C12H26N2O3S/c1-11(2)6-5-8-13-18(16,17)14-9-4-3-7-12(14)10-15/h11-13,15H,3-10H2,1-2H3. The highest BCUT2D eigenvalue weighted by molar-refractivity contribution is 7.87. The van der Waals surface area contributed by atoms with Crippen molar-refractivity contribution in [1.29, 1.82) is 0 Å². The van der Waals surface area contributed by atoms with E-state index in [1.807, 2.05) is 0 Å². The van der Waals surface area contributed by atoms with Crippen LogP contribution in [0.15, 0.2) is 0 Å². The van der Waals surface area contributed by atoms with E-state index in [0.717, 1.165) is 32.1 Å². The maximum Gasteiger partial charge on any atom is 0.279 e. The lowest BCUT2D eigenvalue weighted by Gasteiger charge is -2.33. The zero-order valence-electron chi connectivity index (χ0n) is 11.4. The van der Waals surface area contributed by atoms with Crippen LogP contribution in [0.5, 0.6) is 0 Å². The Hall–Kier alpha value is -0.170. The fourth-order valence-corrected chi connectivity index (χ4v) is 3.77. The molecular formula is C12H26N2O3S. The van der Waals surface area contributed by atoms with Gasteiger partial charge in [-0.3, -0.25) is 0 Å². The second kappa shape index (κ2) is 7.43. The number of nitrogens with one attached hydrogen (secondary N) is 1. The summed E-state index contributed by atoms with van der Waals surface area (Å²) in [5, 5.41) is 9.24. The predicted octanol–water partition coefficient (Wildman–Crippen LogP) is 1.10. The number of aliphatic hydroxyl groups is 1. The van der Waals surface area contributed by atoms with Crippen LogP contribution in [0.4, 0.5) is 0 Å². The van der Waals surface area contributed by atoms with Crippen LogP contribution in [0.2, 0.25) is 0 Å². The van der Waals surface area contributed by atoms with E-state index in [-0.39, 0.29) is 12.6 Å². The van der Waals surface area contributed by atoms with Crippen molar-refractivity contribution >= 4 is 10.2 Å². The summed E-state index contributed by atoms with van der Waals surface area (Å²) in [6.07, 6.45) is 4.50. The van der Waals surface area contributed by atoms with Crippen molar-refractivity contribution in [2.24, 2.45) is 5.92 Å². The summed E-state index contributed by atoms with van der Waals surface area (Å²) in [6.45, 7) is 5.16. The molecule has 0 aromatic carbocycles. The number of aliphatic hydroxyl groups excluding tert-OH is 1. The minimum atomic E-state index is -3.42. The van der Waals surface area contributed by atoms with E-state index in [1.165, 1.54) is 4.31 Å². The van der Waals surface area contributed by atoms with Crippen LogP contribution >= 0.6 is 0 Å². The monoisotopic (exact) mass is 278 g/mol. The van der Waals surface area contributed by atoms with Gasteiger partial charge in [-0.15, -0.1) is 0 Å². The molecule has 0 radical (unpaired) electrons. The predicted molar refractivity (Wildman–Crippen MR) is 72.4 cm³/mol. The highest BCUT2D eigenvalue weighted by Crippen LogP contribution is 2.19. The quantitative estimate of drug-likeness (QED) is 0.685. The minimum absolute atomic E-state index is 0.0904. The molecule has 108 valence electrons. The van der Waals surface area contributed by atoms with E-state index in [1.54, 1.807) is 0 Å². The molecule has 0 saturated carbocycles. The lowest BCUT2D eigenvalue weighted by Crippen LogP contribution is -2.50. The first-order valence-electron chi connectivity index (χ1n) is 6.84. The van der Waals surface area contributed by atoms with Gasteiger partial charge in [-0.2, -0.15) is 12.7 Å². The molecule has 5 nitrogen and oxygen atoms in total. The third-order valence-corrected chi connectivity index (χ3v) is 5.00. The summed E-state index contributed by atoms with van der Waals surface area (Å²) in [6, 6.07) is -0.249. The molecule has 1 unspecified atom stereocenters. The van der Waals surface area contributed by atoms with Crippen LogP contribution in [0.1, 0.15) is 46.0 Å². The van der Waals surface area contributed by atoms with Crippen LogP contribution in [-0.2, 0) is 10.2 Å². The maximum atomic E-state index is 12.1. The number of nitrogens with zero attached hydrogens (tertiary/aromatic N) is 1. The molecular weight excluding hydrogens is 252 g/mol. The fraction of sp³-hybridized carbons (Fsp3) is 1.00. The Kier molecular flexibility index (Phi) is 6.55. The number of piperidine rings is 1. The molecule has 1 fully saturated rings. The normalized spacial score (nSPS) is 22.6. The Bertz CT molecular complexity index is 330. The van der Waals surface area contributed by atoms with Crippen LogP contribution in [-0.4, -0.2) is 43.6 Å². The molecule has 0 bridgehead atoms. The Labute approximate surface area is 111 Å². The Morgan fingerprint density at radius 2 is 2.11 bits per heavy atom. The average molecular weight is 278 g/mol. The summed E-state index contributed by atoms with van der Waals surface area (Å²) in [5.74, 6) is 0.592. The highest BCUT2D eigenvalue weighted by atomic mass is 32.2. The maximum absolute atomic E-state index is 12.1. The first-order valence-corrected chi connectivity index (χ1v) is 8.28. The molecule has 0 amide bonds. The Balaban J connectivity index is 2.46. The lowest BCUT2D eigenvalue weighted by atomic mass is 10.1. The summed E-state index contributed by atoms with van der Waals surface area (Å²) in [5.41, 5.74) is 0. The largest absolute Gasteiger partial charge is 0.395 e. The molecule has 1 aliphatic rings. The molecule has 0 aliphatic carbocycles. The Morgan fingerprint density at radius 1 is 1.39 bits per heavy atom. The number of hydrogen-bond donors (Lipinski definition) is 2. The van der Waals surface area contributed by atoms with Gasteiger partial charge in [-0.25, -0.2) is 4.72 Å². The van der Waals surface area contributed by atoms with E-state index in [2.05, 4.69) is 18.6 Å². The smallest absolute Gasteiger partial charge is 0.279 e. The van der Waals surface area contributed by atoms with Crippen molar-refractivity contribution < 1.29 is 13.5 Å². The van der Waals surface area contributed by atoms with Crippen LogP contribution in [0, 0.1) is 5.92 Å². The summed E-state index contributed by atoms with van der Waals surface area (Å²) in [4.78, 5) is 0. The van der Waals surface area contributed by atoms with Crippen molar-refractivity contribution in [3.05, 3.63) is 0 Å². The SMILES string of the molecule is CC(C)CCCNS(=O)(=O)N1CCCCC1CO.